The summed E-state index contributed by atoms with van der Waals surface area (Å²) in [4.78, 5) is 19.5. The number of pyridine rings is 1. The van der Waals surface area contributed by atoms with Gasteiger partial charge in [-0.1, -0.05) is 38.5 Å². The Hall–Kier alpha value is -2.70. The van der Waals surface area contributed by atoms with Crippen molar-refractivity contribution in [2.75, 3.05) is 19.6 Å². The molecule has 3 aromatic rings. The molecule has 1 aliphatic rings. The van der Waals surface area contributed by atoms with E-state index in [-0.39, 0.29) is 18.4 Å². The van der Waals surface area contributed by atoms with Crippen LogP contribution in [0.25, 0.3) is 11.0 Å². The van der Waals surface area contributed by atoms with E-state index in [0.717, 1.165) is 30.7 Å². The van der Waals surface area contributed by atoms with E-state index in [9.17, 15) is 9.90 Å². The highest BCUT2D eigenvalue weighted by Gasteiger charge is 2.42. The van der Waals surface area contributed by atoms with Gasteiger partial charge in [-0.3, -0.25) is 14.7 Å². The molecule has 0 radical (unpaired) electrons. The van der Waals surface area contributed by atoms with Crippen LogP contribution in [-0.4, -0.2) is 40.5 Å². The van der Waals surface area contributed by atoms with Gasteiger partial charge >= 0.3 is 0 Å². The molecule has 1 fully saturated rings. The highest BCUT2D eigenvalue weighted by Crippen LogP contribution is 2.36. The van der Waals surface area contributed by atoms with Crippen LogP contribution in [0.5, 0.6) is 0 Å². The van der Waals surface area contributed by atoms with Gasteiger partial charge in [0.2, 0.25) is 5.91 Å². The Bertz CT molecular complexity index is 1150. The summed E-state index contributed by atoms with van der Waals surface area (Å²) < 4.78 is 6.20. The van der Waals surface area contributed by atoms with E-state index in [1.54, 1.807) is 6.20 Å². The van der Waals surface area contributed by atoms with E-state index >= 15 is 0 Å². The number of aromatic nitrogens is 1. The van der Waals surface area contributed by atoms with E-state index < -0.39 is 11.0 Å². The molecule has 0 bridgehead atoms. The summed E-state index contributed by atoms with van der Waals surface area (Å²) in [5, 5.41) is 16.1. The average molecular weight is 464 g/mol. The number of hydrogen-bond acceptors (Lipinski definition) is 5. The predicted octanol–water partition coefficient (Wildman–Crippen LogP) is 4.71. The monoisotopic (exact) mass is 463 g/mol. The lowest BCUT2D eigenvalue weighted by molar-refractivity contribution is -0.131. The van der Waals surface area contributed by atoms with Crippen molar-refractivity contribution < 1.29 is 14.3 Å². The van der Waals surface area contributed by atoms with Gasteiger partial charge in [0.1, 0.15) is 16.9 Å². The number of aliphatic hydroxyl groups is 1. The first-order valence-electron chi connectivity index (χ1n) is 12.2. The zero-order chi connectivity index (χ0) is 24.5. The van der Waals surface area contributed by atoms with Gasteiger partial charge in [-0.05, 0) is 63.1 Å². The number of nitrogens with one attached hydrogen (secondary N) is 1. The van der Waals surface area contributed by atoms with Crippen molar-refractivity contribution in [2.45, 2.75) is 59.6 Å². The molecule has 0 unspecified atom stereocenters. The molecule has 6 heteroatoms. The first-order valence-corrected chi connectivity index (χ1v) is 12.2. The third-order valence-corrected chi connectivity index (χ3v) is 7.05. The zero-order valence-corrected chi connectivity index (χ0v) is 21.0. The minimum Gasteiger partial charge on any atom is -0.459 e. The van der Waals surface area contributed by atoms with E-state index in [1.807, 2.05) is 45.0 Å². The van der Waals surface area contributed by atoms with Crippen molar-refractivity contribution in [3.05, 3.63) is 65.2 Å². The molecular formula is C28H37N3O3. The summed E-state index contributed by atoms with van der Waals surface area (Å²) in [5.41, 5.74) is 2.15. The number of carbonyl (C=O) groups is 1. The van der Waals surface area contributed by atoms with Gasteiger partial charge in [0.05, 0.1) is 18.8 Å². The first-order chi connectivity index (χ1) is 16.1. The minimum atomic E-state index is -1.25. The molecule has 2 N–H and O–H groups in total. The van der Waals surface area contributed by atoms with Gasteiger partial charge in [-0.2, -0.15) is 0 Å². The topological polar surface area (TPSA) is 78.6 Å². The van der Waals surface area contributed by atoms with Crippen LogP contribution in [0.3, 0.4) is 0 Å². The van der Waals surface area contributed by atoms with Crippen molar-refractivity contribution in [1.29, 1.82) is 0 Å². The standard InChI is InChI=1S/C28H37N3O3/c1-19-11-12-23-22(15-19)20(2)24(34-23)17-31-14-8-9-21(16-31)28(33,25-10-6-7-13-29-25)18-30-26(32)27(3,4)5/h6-7,10-13,15,21,33H,8-9,14,16-18H2,1-5H3,(H,30,32)/t21-,28-/m0/s1. The van der Waals surface area contributed by atoms with E-state index in [1.165, 1.54) is 16.5 Å². The highest BCUT2D eigenvalue weighted by atomic mass is 16.3. The Morgan fingerprint density at radius 1 is 1.24 bits per heavy atom. The van der Waals surface area contributed by atoms with E-state index in [2.05, 4.69) is 41.2 Å². The van der Waals surface area contributed by atoms with Crippen molar-refractivity contribution in [2.24, 2.45) is 11.3 Å². The molecule has 3 heterocycles. The summed E-state index contributed by atoms with van der Waals surface area (Å²) >= 11 is 0. The molecule has 182 valence electrons. The van der Waals surface area contributed by atoms with Crippen LogP contribution in [0.4, 0.5) is 0 Å². The summed E-state index contributed by atoms with van der Waals surface area (Å²) in [6, 6.07) is 11.9. The molecule has 0 spiro atoms. The third kappa shape index (κ3) is 5.03. The fourth-order valence-corrected chi connectivity index (χ4v) is 4.87. The molecule has 1 aliphatic heterocycles. The highest BCUT2D eigenvalue weighted by molar-refractivity contribution is 5.82. The summed E-state index contributed by atoms with van der Waals surface area (Å²) in [6.45, 7) is 12.3. The number of piperidine rings is 1. The van der Waals surface area contributed by atoms with Gasteiger partial charge in [0, 0.05) is 29.5 Å². The molecule has 1 saturated heterocycles. The van der Waals surface area contributed by atoms with E-state index in [4.69, 9.17) is 4.42 Å². The average Bonchev–Trinajstić information content (AvgIpc) is 3.12. The molecule has 2 aromatic heterocycles. The number of rotatable bonds is 6. The number of amides is 1. The number of carbonyl (C=O) groups excluding carboxylic acids is 1. The van der Waals surface area contributed by atoms with Crippen molar-refractivity contribution in [3.63, 3.8) is 0 Å². The number of hydrogen-bond donors (Lipinski definition) is 2. The lowest BCUT2D eigenvalue weighted by Crippen LogP contribution is -2.53. The minimum absolute atomic E-state index is 0.0663. The van der Waals surface area contributed by atoms with Crippen LogP contribution < -0.4 is 5.32 Å². The van der Waals surface area contributed by atoms with Crippen LogP contribution in [0.15, 0.2) is 47.0 Å². The first kappa shape index (κ1) is 24.4. The Kier molecular flexibility index (Phi) is 6.83. The van der Waals surface area contributed by atoms with Crippen LogP contribution in [0, 0.1) is 25.2 Å². The molecule has 1 amide bonds. The lowest BCUT2D eigenvalue weighted by atomic mass is 9.78. The van der Waals surface area contributed by atoms with Gasteiger partial charge < -0.3 is 14.8 Å². The van der Waals surface area contributed by atoms with Crippen LogP contribution in [0.2, 0.25) is 0 Å². The lowest BCUT2D eigenvalue weighted by Gasteiger charge is -2.42. The fraction of sp³-hybridized carbons (Fsp3) is 0.500. The van der Waals surface area contributed by atoms with Gasteiger partial charge in [0.25, 0.3) is 0 Å². The summed E-state index contributed by atoms with van der Waals surface area (Å²) in [7, 11) is 0. The van der Waals surface area contributed by atoms with Crippen LogP contribution in [-0.2, 0) is 16.9 Å². The Morgan fingerprint density at radius 2 is 2.03 bits per heavy atom. The third-order valence-electron chi connectivity index (χ3n) is 7.05. The Morgan fingerprint density at radius 3 is 2.74 bits per heavy atom. The number of nitrogens with zero attached hydrogens (tertiary/aromatic N) is 2. The second kappa shape index (κ2) is 9.51. The molecule has 6 nitrogen and oxygen atoms in total. The molecule has 34 heavy (non-hydrogen) atoms. The Labute approximate surface area is 202 Å². The molecule has 2 atom stereocenters. The Balaban J connectivity index is 1.56. The SMILES string of the molecule is Cc1ccc2oc(CN3CCC[C@H]([C@@](O)(CNC(=O)C(C)(C)C)c4ccccn4)C3)c(C)c2c1. The van der Waals surface area contributed by atoms with Gasteiger partial charge in [0.15, 0.2) is 0 Å². The quantitative estimate of drug-likeness (QED) is 0.554. The maximum absolute atomic E-state index is 12.6. The second-order valence-corrected chi connectivity index (χ2v) is 10.8. The molecule has 1 aromatic carbocycles. The second-order valence-electron chi connectivity index (χ2n) is 10.8. The van der Waals surface area contributed by atoms with Crippen molar-refractivity contribution in [3.8, 4) is 0 Å². The normalized spacial score (nSPS) is 19.2. The van der Waals surface area contributed by atoms with Gasteiger partial charge in [-0.15, -0.1) is 0 Å². The molecule has 0 saturated carbocycles. The number of benzene rings is 1. The molecule has 4 rings (SSSR count). The maximum atomic E-state index is 12.6. The van der Waals surface area contributed by atoms with Crippen molar-refractivity contribution >= 4 is 16.9 Å². The van der Waals surface area contributed by atoms with E-state index in [0.29, 0.717) is 18.8 Å². The number of likely N-dealkylation sites (tertiary alicyclic amines) is 1. The van der Waals surface area contributed by atoms with Gasteiger partial charge in [-0.25, -0.2) is 0 Å². The van der Waals surface area contributed by atoms with Crippen LogP contribution >= 0.6 is 0 Å². The largest absolute Gasteiger partial charge is 0.459 e. The van der Waals surface area contributed by atoms with Crippen molar-refractivity contribution in [1.82, 2.24) is 15.2 Å². The smallest absolute Gasteiger partial charge is 0.225 e. The molecular weight excluding hydrogens is 426 g/mol. The number of aryl methyl sites for hydroxylation is 2. The molecule has 0 aliphatic carbocycles. The number of fused-ring (bicyclic) bond motifs is 1. The zero-order valence-electron chi connectivity index (χ0n) is 21.0. The maximum Gasteiger partial charge on any atom is 0.225 e. The number of furan rings is 1. The summed E-state index contributed by atoms with van der Waals surface area (Å²) in [6.07, 6.45) is 3.53. The fourth-order valence-electron chi connectivity index (χ4n) is 4.87. The van der Waals surface area contributed by atoms with Crippen LogP contribution in [0.1, 0.15) is 56.2 Å². The predicted molar refractivity (Wildman–Crippen MR) is 134 cm³/mol. The summed E-state index contributed by atoms with van der Waals surface area (Å²) in [5.74, 6) is 0.828.